The van der Waals surface area contributed by atoms with Crippen LogP contribution in [0.25, 0.3) is 0 Å². The summed E-state index contributed by atoms with van der Waals surface area (Å²) in [7, 11) is 0. The first-order valence-corrected chi connectivity index (χ1v) is 5.17. The maximum atomic E-state index is 11.2. The summed E-state index contributed by atoms with van der Waals surface area (Å²) in [5, 5.41) is 13.3. The van der Waals surface area contributed by atoms with Crippen LogP contribution < -0.4 is 10.6 Å². The number of carbonyl (C=O) groups is 3. The molecular formula is C10H18N2O4. The number of hydrogen-bond donors (Lipinski definition) is 3. The number of nitrogens with one attached hydrogen (secondary N) is 2. The second kappa shape index (κ2) is 7.67. The summed E-state index contributed by atoms with van der Waals surface area (Å²) in [6, 6.07) is 0. The van der Waals surface area contributed by atoms with E-state index in [9.17, 15) is 14.4 Å². The Balaban J connectivity index is 3.54. The second-order valence-electron chi connectivity index (χ2n) is 3.87. The maximum absolute atomic E-state index is 11.2. The summed E-state index contributed by atoms with van der Waals surface area (Å²) in [5.41, 5.74) is 0. The van der Waals surface area contributed by atoms with Crippen molar-refractivity contribution in [2.45, 2.75) is 26.7 Å². The highest BCUT2D eigenvalue weighted by atomic mass is 16.4. The van der Waals surface area contributed by atoms with E-state index in [0.29, 0.717) is 12.5 Å². The van der Waals surface area contributed by atoms with Gasteiger partial charge in [-0.3, -0.25) is 14.4 Å². The van der Waals surface area contributed by atoms with Gasteiger partial charge in [-0.15, -0.1) is 0 Å². The van der Waals surface area contributed by atoms with Crippen molar-refractivity contribution in [3.05, 3.63) is 0 Å². The van der Waals surface area contributed by atoms with Crippen molar-refractivity contribution in [3.63, 3.8) is 0 Å². The van der Waals surface area contributed by atoms with Gasteiger partial charge in [0, 0.05) is 19.5 Å². The fourth-order valence-electron chi connectivity index (χ4n) is 0.922. The third-order valence-corrected chi connectivity index (χ3v) is 1.69. The summed E-state index contributed by atoms with van der Waals surface area (Å²) in [4.78, 5) is 32.2. The standard InChI is InChI=1S/C10H18N2O4/c1-7(2)6-12-8(13)3-4-11-9(14)5-10(15)16/h7H,3-6H2,1-2H3,(H,11,14)(H,12,13)(H,15,16). The normalized spacial score (nSPS) is 9.94. The van der Waals surface area contributed by atoms with Gasteiger partial charge in [-0.25, -0.2) is 0 Å². The predicted octanol–water partition coefficient (Wildman–Crippen LogP) is -0.260. The Labute approximate surface area is 94.4 Å². The first-order valence-electron chi connectivity index (χ1n) is 5.17. The van der Waals surface area contributed by atoms with Gasteiger partial charge in [0.25, 0.3) is 0 Å². The van der Waals surface area contributed by atoms with Gasteiger partial charge in [0.2, 0.25) is 11.8 Å². The zero-order chi connectivity index (χ0) is 12.6. The van der Waals surface area contributed by atoms with Crippen molar-refractivity contribution in [2.24, 2.45) is 5.92 Å². The first kappa shape index (κ1) is 14.4. The van der Waals surface area contributed by atoms with Crippen molar-refractivity contribution < 1.29 is 19.5 Å². The molecule has 0 fully saturated rings. The van der Waals surface area contributed by atoms with Gasteiger partial charge in [0.1, 0.15) is 6.42 Å². The van der Waals surface area contributed by atoms with Crippen LogP contribution in [-0.4, -0.2) is 36.0 Å². The Morgan fingerprint density at radius 2 is 1.75 bits per heavy atom. The van der Waals surface area contributed by atoms with E-state index in [0.717, 1.165) is 0 Å². The molecule has 3 N–H and O–H groups in total. The average Bonchev–Trinajstić information content (AvgIpc) is 2.13. The summed E-state index contributed by atoms with van der Waals surface area (Å²) in [6.07, 6.45) is -0.397. The summed E-state index contributed by atoms with van der Waals surface area (Å²) in [6.45, 7) is 4.72. The van der Waals surface area contributed by atoms with Crippen LogP contribution in [-0.2, 0) is 14.4 Å². The fraction of sp³-hybridized carbons (Fsp3) is 0.700. The molecule has 16 heavy (non-hydrogen) atoms. The van der Waals surface area contributed by atoms with Crippen molar-refractivity contribution in [1.82, 2.24) is 10.6 Å². The third-order valence-electron chi connectivity index (χ3n) is 1.69. The lowest BCUT2D eigenvalue weighted by molar-refractivity contribution is -0.140. The van der Waals surface area contributed by atoms with E-state index in [1.807, 2.05) is 13.8 Å². The molecule has 0 aromatic carbocycles. The smallest absolute Gasteiger partial charge is 0.312 e. The summed E-state index contributed by atoms with van der Waals surface area (Å²) < 4.78 is 0. The van der Waals surface area contributed by atoms with Gasteiger partial charge >= 0.3 is 5.97 Å². The molecular weight excluding hydrogens is 212 g/mol. The number of aliphatic carboxylic acids is 1. The summed E-state index contributed by atoms with van der Waals surface area (Å²) >= 11 is 0. The Morgan fingerprint density at radius 1 is 1.12 bits per heavy atom. The molecule has 0 spiro atoms. The largest absolute Gasteiger partial charge is 0.481 e. The number of carbonyl (C=O) groups excluding carboxylic acids is 2. The van der Waals surface area contributed by atoms with Crippen molar-refractivity contribution in [3.8, 4) is 0 Å². The predicted molar refractivity (Wildman–Crippen MR) is 57.7 cm³/mol. The minimum absolute atomic E-state index is 0.149. The van der Waals surface area contributed by atoms with E-state index < -0.39 is 18.3 Å². The van der Waals surface area contributed by atoms with Gasteiger partial charge < -0.3 is 15.7 Å². The number of rotatable bonds is 7. The molecule has 0 aliphatic rings. The molecule has 0 aromatic heterocycles. The molecule has 6 heteroatoms. The van der Waals surface area contributed by atoms with Crippen molar-refractivity contribution in [1.29, 1.82) is 0 Å². The van der Waals surface area contributed by atoms with Crippen LogP contribution in [0.4, 0.5) is 0 Å². The number of carboxylic acid groups (broad SMARTS) is 1. The number of carboxylic acids is 1. The Bertz CT molecular complexity index is 264. The molecule has 92 valence electrons. The molecule has 2 amide bonds. The lowest BCUT2D eigenvalue weighted by Gasteiger charge is -2.07. The molecule has 0 rings (SSSR count). The lowest BCUT2D eigenvalue weighted by Crippen LogP contribution is -2.33. The molecule has 0 heterocycles. The van der Waals surface area contributed by atoms with Gasteiger partial charge in [0.05, 0.1) is 0 Å². The molecule has 0 aliphatic carbocycles. The van der Waals surface area contributed by atoms with Crippen LogP contribution in [0.3, 0.4) is 0 Å². The van der Waals surface area contributed by atoms with Gasteiger partial charge in [-0.05, 0) is 5.92 Å². The number of amides is 2. The highest BCUT2D eigenvalue weighted by Gasteiger charge is 2.07. The van der Waals surface area contributed by atoms with Crippen LogP contribution in [0.15, 0.2) is 0 Å². The molecule has 0 saturated heterocycles. The monoisotopic (exact) mass is 230 g/mol. The molecule has 0 radical (unpaired) electrons. The van der Waals surface area contributed by atoms with Crippen LogP contribution in [0.2, 0.25) is 0 Å². The minimum atomic E-state index is -1.18. The maximum Gasteiger partial charge on any atom is 0.312 e. The van der Waals surface area contributed by atoms with Crippen molar-refractivity contribution in [2.75, 3.05) is 13.1 Å². The molecule has 0 bridgehead atoms. The fourth-order valence-corrected chi connectivity index (χ4v) is 0.922. The zero-order valence-corrected chi connectivity index (χ0v) is 9.58. The minimum Gasteiger partial charge on any atom is -0.481 e. The molecule has 6 nitrogen and oxygen atoms in total. The van der Waals surface area contributed by atoms with E-state index in [1.165, 1.54) is 0 Å². The van der Waals surface area contributed by atoms with E-state index in [-0.39, 0.29) is 18.9 Å². The second-order valence-corrected chi connectivity index (χ2v) is 3.87. The Kier molecular flexibility index (Phi) is 6.91. The summed E-state index contributed by atoms with van der Waals surface area (Å²) in [5.74, 6) is -1.53. The first-order chi connectivity index (χ1) is 7.41. The molecule has 0 aromatic rings. The van der Waals surface area contributed by atoms with Gasteiger partial charge in [0.15, 0.2) is 0 Å². The van der Waals surface area contributed by atoms with Crippen LogP contribution >= 0.6 is 0 Å². The quantitative estimate of drug-likeness (QED) is 0.525. The topological polar surface area (TPSA) is 95.5 Å². The van der Waals surface area contributed by atoms with Crippen molar-refractivity contribution >= 4 is 17.8 Å². The molecule has 0 unspecified atom stereocenters. The SMILES string of the molecule is CC(C)CNC(=O)CCNC(=O)CC(=O)O. The molecule has 0 aliphatic heterocycles. The average molecular weight is 230 g/mol. The van der Waals surface area contributed by atoms with E-state index >= 15 is 0 Å². The highest BCUT2D eigenvalue weighted by molar-refractivity contribution is 5.93. The van der Waals surface area contributed by atoms with E-state index in [1.54, 1.807) is 0 Å². The van der Waals surface area contributed by atoms with Gasteiger partial charge in [-0.2, -0.15) is 0 Å². The van der Waals surface area contributed by atoms with Crippen LogP contribution in [0.5, 0.6) is 0 Å². The zero-order valence-electron chi connectivity index (χ0n) is 9.58. The van der Waals surface area contributed by atoms with Crippen LogP contribution in [0.1, 0.15) is 26.7 Å². The Morgan fingerprint density at radius 3 is 2.25 bits per heavy atom. The molecule has 0 saturated carbocycles. The number of hydrogen-bond acceptors (Lipinski definition) is 3. The van der Waals surface area contributed by atoms with Crippen LogP contribution in [0, 0.1) is 5.92 Å². The molecule has 0 atom stereocenters. The lowest BCUT2D eigenvalue weighted by atomic mass is 10.2. The third kappa shape index (κ3) is 8.98. The van der Waals surface area contributed by atoms with E-state index in [2.05, 4.69) is 10.6 Å². The Hall–Kier alpha value is -1.59. The van der Waals surface area contributed by atoms with E-state index in [4.69, 9.17) is 5.11 Å². The highest BCUT2D eigenvalue weighted by Crippen LogP contribution is 1.88. The van der Waals surface area contributed by atoms with Gasteiger partial charge in [-0.1, -0.05) is 13.8 Å².